The molecule has 5 heteroatoms. The van der Waals surface area contributed by atoms with E-state index in [1.165, 1.54) is 0 Å². The zero-order valence-electron chi connectivity index (χ0n) is 10.6. The number of hydrogen-bond donors (Lipinski definition) is 3. The Morgan fingerprint density at radius 2 is 2.18 bits per heavy atom. The third-order valence-electron chi connectivity index (χ3n) is 3.75. The molecule has 2 aliphatic heterocycles. The van der Waals surface area contributed by atoms with Gasteiger partial charge < -0.3 is 20.7 Å². The standard InChI is InChI=1S/C12H23N3O2/c1-12(2-6-17-7-3-12)9-15-11(16)10-8-13-4-5-14-10/h10,13-14H,2-9H2,1H3,(H,15,16). The molecular weight excluding hydrogens is 218 g/mol. The van der Waals surface area contributed by atoms with Gasteiger partial charge in [-0.3, -0.25) is 4.79 Å². The van der Waals surface area contributed by atoms with E-state index in [1.807, 2.05) is 0 Å². The summed E-state index contributed by atoms with van der Waals surface area (Å²) in [5.41, 5.74) is 0.204. The summed E-state index contributed by atoms with van der Waals surface area (Å²) >= 11 is 0. The van der Waals surface area contributed by atoms with Gasteiger partial charge in [0.05, 0.1) is 6.04 Å². The molecule has 2 rings (SSSR count). The van der Waals surface area contributed by atoms with E-state index in [2.05, 4.69) is 22.9 Å². The van der Waals surface area contributed by atoms with Crippen molar-refractivity contribution in [3.8, 4) is 0 Å². The third-order valence-corrected chi connectivity index (χ3v) is 3.75. The van der Waals surface area contributed by atoms with E-state index in [0.29, 0.717) is 0 Å². The maximum absolute atomic E-state index is 11.9. The van der Waals surface area contributed by atoms with E-state index in [1.54, 1.807) is 0 Å². The van der Waals surface area contributed by atoms with Gasteiger partial charge >= 0.3 is 0 Å². The maximum atomic E-state index is 11.9. The van der Waals surface area contributed by atoms with Crippen LogP contribution >= 0.6 is 0 Å². The Balaban J connectivity index is 1.74. The van der Waals surface area contributed by atoms with Crippen molar-refractivity contribution >= 4 is 5.91 Å². The first-order valence-electron chi connectivity index (χ1n) is 6.49. The number of piperazine rings is 1. The summed E-state index contributed by atoms with van der Waals surface area (Å²) in [5.74, 6) is 0.116. The van der Waals surface area contributed by atoms with Gasteiger partial charge in [0.25, 0.3) is 0 Å². The monoisotopic (exact) mass is 241 g/mol. The molecule has 0 spiro atoms. The van der Waals surface area contributed by atoms with Gasteiger partial charge in [-0.1, -0.05) is 6.92 Å². The SMILES string of the molecule is CC1(CNC(=O)C2CNCCN2)CCOCC1. The van der Waals surface area contributed by atoms with Gasteiger partial charge in [-0.2, -0.15) is 0 Å². The summed E-state index contributed by atoms with van der Waals surface area (Å²) in [5, 5.41) is 9.51. The smallest absolute Gasteiger partial charge is 0.238 e. The summed E-state index contributed by atoms with van der Waals surface area (Å²) < 4.78 is 5.35. The number of hydrogen-bond acceptors (Lipinski definition) is 4. The fourth-order valence-electron chi connectivity index (χ4n) is 2.30. The van der Waals surface area contributed by atoms with Gasteiger partial charge in [0.15, 0.2) is 0 Å². The number of carbonyl (C=O) groups is 1. The number of ether oxygens (including phenoxy) is 1. The van der Waals surface area contributed by atoms with Crippen LogP contribution in [0.4, 0.5) is 0 Å². The van der Waals surface area contributed by atoms with Crippen LogP contribution in [0.2, 0.25) is 0 Å². The quantitative estimate of drug-likeness (QED) is 0.622. The molecule has 1 amide bonds. The largest absolute Gasteiger partial charge is 0.381 e. The second-order valence-corrected chi connectivity index (χ2v) is 5.35. The van der Waals surface area contributed by atoms with Crippen molar-refractivity contribution in [2.75, 3.05) is 39.4 Å². The Morgan fingerprint density at radius 1 is 1.41 bits per heavy atom. The van der Waals surface area contributed by atoms with Crippen molar-refractivity contribution in [2.24, 2.45) is 5.41 Å². The molecule has 1 unspecified atom stereocenters. The number of amides is 1. The first-order valence-corrected chi connectivity index (χ1v) is 6.49. The van der Waals surface area contributed by atoms with E-state index in [-0.39, 0.29) is 17.4 Å². The highest BCUT2D eigenvalue weighted by molar-refractivity contribution is 5.82. The first kappa shape index (κ1) is 12.8. The Bertz CT molecular complexity index is 258. The molecule has 2 fully saturated rings. The summed E-state index contributed by atoms with van der Waals surface area (Å²) in [6.07, 6.45) is 2.06. The second-order valence-electron chi connectivity index (χ2n) is 5.35. The molecule has 2 heterocycles. The van der Waals surface area contributed by atoms with Crippen LogP contribution in [0, 0.1) is 5.41 Å². The minimum atomic E-state index is -0.0767. The third kappa shape index (κ3) is 3.66. The maximum Gasteiger partial charge on any atom is 0.238 e. The number of nitrogens with one attached hydrogen (secondary N) is 3. The van der Waals surface area contributed by atoms with Crippen LogP contribution in [0.5, 0.6) is 0 Å². The molecule has 98 valence electrons. The van der Waals surface area contributed by atoms with Crippen LogP contribution in [-0.4, -0.2) is 51.3 Å². The van der Waals surface area contributed by atoms with Gasteiger partial charge in [-0.15, -0.1) is 0 Å². The van der Waals surface area contributed by atoms with Gasteiger partial charge in [0, 0.05) is 39.4 Å². The molecule has 0 radical (unpaired) electrons. The van der Waals surface area contributed by atoms with Gasteiger partial charge in [-0.25, -0.2) is 0 Å². The summed E-state index contributed by atoms with van der Waals surface area (Å²) in [7, 11) is 0. The molecule has 0 saturated carbocycles. The van der Waals surface area contributed by atoms with Crippen LogP contribution in [-0.2, 0) is 9.53 Å². The highest BCUT2D eigenvalue weighted by Gasteiger charge is 2.29. The molecule has 0 aromatic carbocycles. The van der Waals surface area contributed by atoms with Crippen LogP contribution < -0.4 is 16.0 Å². The molecule has 2 aliphatic rings. The Labute approximate surface area is 103 Å². The molecule has 17 heavy (non-hydrogen) atoms. The van der Waals surface area contributed by atoms with Gasteiger partial charge in [0.2, 0.25) is 5.91 Å². The predicted octanol–water partition coefficient (Wildman–Crippen LogP) is -0.519. The van der Waals surface area contributed by atoms with E-state index >= 15 is 0 Å². The van der Waals surface area contributed by atoms with E-state index in [4.69, 9.17) is 4.74 Å². The number of rotatable bonds is 3. The topological polar surface area (TPSA) is 62.4 Å². The Morgan fingerprint density at radius 3 is 2.82 bits per heavy atom. The van der Waals surface area contributed by atoms with E-state index in [9.17, 15) is 4.79 Å². The number of carbonyl (C=O) groups excluding carboxylic acids is 1. The van der Waals surface area contributed by atoms with Gasteiger partial charge in [0.1, 0.15) is 0 Å². The second kappa shape index (κ2) is 5.80. The van der Waals surface area contributed by atoms with Crippen molar-refractivity contribution in [2.45, 2.75) is 25.8 Å². The van der Waals surface area contributed by atoms with Crippen molar-refractivity contribution in [1.29, 1.82) is 0 Å². The molecule has 0 aromatic heterocycles. The molecule has 0 bridgehead atoms. The van der Waals surface area contributed by atoms with Gasteiger partial charge in [-0.05, 0) is 18.3 Å². The lowest BCUT2D eigenvalue weighted by atomic mass is 9.82. The molecule has 3 N–H and O–H groups in total. The van der Waals surface area contributed by atoms with Crippen LogP contribution in [0.15, 0.2) is 0 Å². The van der Waals surface area contributed by atoms with Crippen LogP contribution in [0.1, 0.15) is 19.8 Å². The predicted molar refractivity (Wildman–Crippen MR) is 65.8 cm³/mol. The fourth-order valence-corrected chi connectivity index (χ4v) is 2.30. The minimum Gasteiger partial charge on any atom is -0.381 e. The van der Waals surface area contributed by atoms with Crippen molar-refractivity contribution in [3.63, 3.8) is 0 Å². The molecule has 1 atom stereocenters. The van der Waals surface area contributed by atoms with E-state index in [0.717, 1.165) is 52.2 Å². The summed E-state index contributed by atoms with van der Waals surface area (Å²) in [6, 6.07) is -0.0767. The summed E-state index contributed by atoms with van der Waals surface area (Å²) in [6.45, 7) is 7.15. The lowest BCUT2D eigenvalue weighted by molar-refractivity contribution is -0.124. The molecule has 0 aromatic rings. The highest BCUT2D eigenvalue weighted by atomic mass is 16.5. The lowest BCUT2D eigenvalue weighted by Crippen LogP contribution is -2.56. The Kier molecular flexibility index (Phi) is 4.36. The highest BCUT2D eigenvalue weighted by Crippen LogP contribution is 2.28. The molecule has 0 aliphatic carbocycles. The molecule has 5 nitrogen and oxygen atoms in total. The summed E-state index contributed by atoms with van der Waals surface area (Å²) in [4.78, 5) is 11.9. The normalized spacial score (nSPS) is 28.6. The zero-order chi connectivity index (χ0) is 12.1. The minimum absolute atomic E-state index is 0.0767. The average Bonchev–Trinajstić information content (AvgIpc) is 2.38. The van der Waals surface area contributed by atoms with Crippen LogP contribution in [0.3, 0.4) is 0 Å². The van der Waals surface area contributed by atoms with Crippen molar-refractivity contribution < 1.29 is 9.53 Å². The van der Waals surface area contributed by atoms with E-state index < -0.39 is 0 Å². The fraction of sp³-hybridized carbons (Fsp3) is 0.917. The first-order chi connectivity index (χ1) is 8.20. The Hall–Kier alpha value is -0.650. The van der Waals surface area contributed by atoms with Crippen LogP contribution in [0.25, 0.3) is 0 Å². The lowest BCUT2D eigenvalue weighted by Gasteiger charge is -2.34. The molecular formula is C12H23N3O2. The zero-order valence-corrected chi connectivity index (χ0v) is 10.6. The van der Waals surface area contributed by atoms with Crippen molar-refractivity contribution in [3.05, 3.63) is 0 Å². The molecule has 2 saturated heterocycles. The van der Waals surface area contributed by atoms with Crippen molar-refractivity contribution in [1.82, 2.24) is 16.0 Å². The average molecular weight is 241 g/mol.